The van der Waals surface area contributed by atoms with E-state index in [1.165, 1.54) is 65.0 Å². The second-order valence-electron chi connectivity index (χ2n) is 13.3. The molecule has 0 bridgehead atoms. The van der Waals surface area contributed by atoms with Crippen molar-refractivity contribution >= 4 is 55.4 Å². The fraction of sp³-hybridized carbons (Fsp3) is 0.0417. The number of aromatic nitrogens is 2. The van der Waals surface area contributed by atoms with Crippen molar-refractivity contribution < 1.29 is 0 Å². The van der Waals surface area contributed by atoms with Gasteiger partial charge in [-0.2, -0.15) is 0 Å². The van der Waals surface area contributed by atoms with Gasteiger partial charge in [0.1, 0.15) is 0 Å². The Morgan fingerprint density at radius 2 is 0.900 bits per heavy atom. The van der Waals surface area contributed by atoms with Gasteiger partial charge in [-0.05, 0) is 120 Å². The zero-order valence-electron chi connectivity index (χ0n) is 27.5. The summed E-state index contributed by atoms with van der Waals surface area (Å²) in [6, 6.07) is 52.8. The molecule has 2 nitrogen and oxygen atoms in total. The van der Waals surface area contributed by atoms with Crippen molar-refractivity contribution in [3.63, 3.8) is 0 Å². The van der Waals surface area contributed by atoms with Gasteiger partial charge >= 0.3 is 0 Å². The van der Waals surface area contributed by atoms with Crippen LogP contribution in [0.25, 0.3) is 100 Å². The SMILES string of the molecule is C1=c2c(-c3ccc4ccccc4c3)c3ccc(-c4ccc(-c5cnc6ccccc6c5)nc4)cc3c(-c3ccc4ccccc4c3)c2=CCC1. The quantitative estimate of drug-likeness (QED) is 0.192. The number of hydrogen-bond acceptors (Lipinski definition) is 2. The summed E-state index contributed by atoms with van der Waals surface area (Å²) in [4.78, 5) is 9.61. The van der Waals surface area contributed by atoms with Crippen molar-refractivity contribution in [2.75, 3.05) is 0 Å². The molecule has 10 rings (SSSR count). The summed E-state index contributed by atoms with van der Waals surface area (Å²) in [5.74, 6) is 0. The lowest BCUT2D eigenvalue weighted by Crippen LogP contribution is -2.31. The summed E-state index contributed by atoms with van der Waals surface area (Å²) in [7, 11) is 0. The highest BCUT2D eigenvalue weighted by Crippen LogP contribution is 2.37. The van der Waals surface area contributed by atoms with E-state index in [1.807, 2.05) is 24.5 Å². The number of nitrogens with zero attached hydrogens (tertiary/aromatic N) is 2. The number of pyridine rings is 2. The molecule has 2 heteroatoms. The minimum Gasteiger partial charge on any atom is -0.256 e. The zero-order chi connectivity index (χ0) is 33.0. The minimum absolute atomic E-state index is 0.919. The third-order valence-corrected chi connectivity index (χ3v) is 10.3. The molecular formula is C48H32N2. The van der Waals surface area contributed by atoms with E-state index in [4.69, 9.17) is 4.98 Å². The lowest BCUT2D eigenvalue weighted by atomic mass is 9.84. The summed E-state index contributed by atoms with van der Waals surface area (Å²) in [5, 5.41) is 11.3. The fourth-order valence-corrected chi connectivity index (χ4v) is 7.85. The predicted octanol–water partition coefficient (Wildman–Crippen LogP) is 11.1. The second kappa shape index (κ2) is 11.6. The first kappa shape index (κ1) is 28.6. The maximum Gasteiger partial charge on any atom is 0.0718 e. The van der Waals surface area contributed by atoms with Crippen LogP contribution in [0, 0.1) is 0 Å². The molecule has 0 amide bonds. The van der Waals surface area contributed by atoms with Crippen LogP contribution < -0.4 is 10.4 Å². The molecule has 7 aromatic carbocycles. The van der Waals surface area contributed by atoms with Crippen LogP contribution in [0.1, 0.15) is 12.8 Å². The fourth-order valence-electron chi connectivity index (χ4n) is 7.85. The van der Waals surface area contributed by atoms with Crippen molar-refractivity contribution in [1.29, 1.82) is 0 Å². The highest BCUT2D eigenvalue weighted by atomic mass is 14.7. The van der Waals surface area contributed by atoms with E-state index in [1.54, 1.807) is 0 Å². The van der Waals surface area contributed by atoms with Crippen LogP contribution in [0.4, 0.5) is 0 Å². The number of benzene rings is 7. The van der Waals surface area contributed by atoms with Gasteiger partial charge in [0.25, 0.3) is 0 Å². The van der Waals surface area contributed by atoms with Gasteiger partial charge in [-0.15, -0.1) is 0 Å². The molecule has 50 heavy (non-hydrogen) atoms. The van der Waals surface area contributed by atoms with Gasteiger partial charge in [0.2, 0.25) is 0 Å². The van der Waals surface area contributed by atoms with Crippen LogP contribution in [-0.2, 0) is 0 Å². The van der Waals surface area contributed by atoms with Gasteiger partial charge in [0.15, 0.2) is 0 Å². The Morgan fingerprint density at radius 3 is 1.56 bits per heavy atom. The normalized spacial score (nSPS) is 12.6. The van der Waals surface area contributed by atoms with E-state index < -0.39 is 0 Å². The summed E-state index contributed by atoms with van der Waals surface area (Å²) >= 11 is 0. The molecule has 1 aliphatic rings. The van der Waals surface area contributed by atoms with Crippen molar-refractivity contribution in [2.45, 2.75) is 12.8 Å². The predicted molar refractivity (Wildman–Crippen MR) is 211 cm³/mol. The topological polar surface area (TPSA) is 25.8 Å². The van der Waals surface area contributed by atoms with E-state index in [9.17, 15) is 0 Å². The summed E-state index contributed by atoms with van der Waals surface area (Å²) in [6.07, 6.45) is 10.9. The van der Waals surface area contributed by atoms with Gasteiger partial charge in [0.05, 0.1) is 11.2 Å². The molecule has 0 fully saturated rings. The molecular weight excluding hydrogens is 605 g/mol. The smallest absolute Gasteiger partial charge is 0.0718 e. The third-order valence-electron chi connectivity index (χ3n) is 10.3. The summed E-state index contributed by atoms with van der Waals surface area (Å²) in [6.45, 7) is 0. The molecule has 0 atom stereocenters. The molecule has 2 aromatic heterocycles. The molecule has 2 heterocycles. The number of fused-ring (bicyclic) bond motifs is 5. The number of hydrogen-bond donors (Lipinski definition) is 0. The molecule has 1 aliphatic carbocycles. The average Bonchev–Trinajstić information content (AvgIpc) is 3.19. The van der Waals surface area contributed by atoms with E-state index in [2.05, 4.69) is 151 Å². The summed E-state index contributed by atoms with van der Waals surface area (Å²) in [5.41, 5.74) is 10.3. The average molecular weight is 637 g/mol. The highest BCUT2D eigenvalue weighted by Gasteiger charge is 2.18. The van der Waals surface area contributed by atoms with E-state index in [0.29, 0.717) is 0 Å². The van der Waals surface area contributed by atoms with Gasteiger partial charge in [0, 0.05) is 28.9 Å². The first-order valence-electron chi connectivity index (χ1n) is 17.4. The second-order valence-corrected chi connectivity index (χ2v) is 13.3. The molecule has 0 saturated heterocycles. The first-order chi connectivity index (χ1) is 24.8. The molecule has 0 unspecified atom stereocenters. The number of para-hydroxylation sites is 1. The Morgan fingerprint density at radius 1 is 0.360 bits per heavy atom. The standard InChI is InChI=1S/C48H32N2/c1-3-11-33-25-37(19-17-31(33)9-1)47-41-14-6-7-15-42(41)48(38-20-18-32-10-2-4-12-34(32)26-38)44-28-35(21-23-43(44)47)39-22-24-46(49-29-39)40-27-36-13-5-8-16-45(36)50-30-40/h1-5,8-30H,6-7H2. The van der Waals surface area contributed by atoms with Crippen molar-refractivity contribution in [2.24, 2.45) is 0 Å². The highest BCUT2D eigenvalue weighted by molar-refractivity contribution is 6.09. The maximum atomic E-state index is 4.94. The first-order valence-corrected chi connectivity index (χ1v) is 17.4. The van der Waals surface area contributed by atoms with Crippen molar-refractivity contribution in [3.8, 4) is 44.6 Å². The Kier molecular flexibility index (Phi) is 6.67. The van der Waals surface area contributed by atoms with Crippen molar-refractivity contribution in [3.05, 3.63) is 168 Å². The molecule has 234 valence electrons. The third kappa shape index (κ3) is 4.80. The van der Waals surface area contributed by atoms with Crippen LogP contribution in [0.2, 0.25) is 0 Å². The van der Waals surface area contributed by atoms with E-state index in [-0.39, 0.29) is 0 Å². The van der Waals surface area contributed by atoms with Crippen molar-refractivity contribution in [1.82, 2.24) is 9.97 Å². The van der Waals surface area contributed by atoms with Crippen LogP contribution >= 0.6 is 0 Å². The van der Waals surface area contributed by atoms with E-state index >= 15 is 0 Å². The zero-order valence-corrected chi connectivity index (χ0v) is 27.5. The van der Waals surface area contributed by atoms with Gasteiger partial charge in [-0.25, -0.2) is 0 Å². The molecule has 0 N–H and O–H groups in total. The minimum atomic E-state index is 0.919. The van der Waals surface area contributed by atoms with Gasteiger partial charge in [-0.3, -0.25) is 9.97 Å². The lowest BCUT2D eigenvalue weighted by molar-refractivity contribution is 1.12. The maximum absolute atomic E-state index is 4.94. The van der Waals surface area contributed by atoms with Crippen LogP contribution in [0.15, 0.2) is 158 Å². The molecule has 0 radical (unpaired) electrons. The largest absolute Gasteiger partial charge is 0.256 e. The Hall–Kier alpha value is -6.38. The van der Waals surface area contributed by atoms with Crippen LogP contribution in [0.5, 0.6) is 0 Å². The molecule has 0 aliphatic heterocycles. The monoisotopic (exact) mass is 636 g/mol. The Balaban J connectivity index is 1.20. The Labute approximate surface area is 290 Å². The number of rotatable bonds is 4. The molecule has 0 spiro atoms. The molecule has 9 aromatic rings. The lowest BCUT2D eigenvalue weighted by Gasteiger charge is -2.19. The van der Waals surface area contributed by atoms with Gasteiger partial charge in [-0.1, -0.05) is 121 Å². The molecule has 0 saturated carbocycles. The van der Waals surface area contributed by atoms with E-state index in [0.717, 1.165) is 46.1 Å². The summed E-state index contributed by atoms with van der Waals surface area (Å²) < 4.78 is 0. The van der Waals surface area contributed by atoms with Gasteiger partial charge < -0.3 is 0 Å². The van der Waals surface area contributed by atoms with Crippen LogP contribution in [-0.4, -0.2) is 9.97 Å². The van der Waals surface area contributed by atoms with Crippen LogP contribution in [0.3, 0.4) is 0 Å². The Bertz CT molecular complexity index is 2920.